The number of nitrogens with zero attached hydrogens (tertiary/aromatic N) is 5. The Kier molecular flexibility index (Phi) is 6.16. The summed E-state index contributed by atoms with van der Waals surface area (Å²) in [6.07, 6.45) is -2.31. The van der Waals surface area contributed by atoms with Gasteiger partial charge in [-0.1, -0.05) is 0 Å². The van der Waals surface area contributed by atoms with E-state index in [1.54, 1.807) is 11.8 Å². The van der Waals surface area contributed by atoms with E-state index in [0.717, 1.165) is 0 Å². The van der Waals surface area contributed by atoms with Gasteiger partial charge in [0.2, 0.25) is 0 Å². The van der Waals surface area contributed by atoms with Crippen molar-refractivity contribution >= 4 is 5.69 Å². The third-order valence-electron chi connectivity index (χ3n) is 6.75. The molecule has 0 spiro atoms. The number of hydrogen-bond acceptors (Lipinski definition) is 4. The maximum Gasteiger partial charge on any atom is 0.433 e. The summed E-state index contributed by atoms with van der Waals surface area (Å²) in [6, 6.07) is 2.53. The summed E-state index contributed by atoms with van der Waals surface area (Å²) in [5.41, 5.74) is -2.58. The zero-order valence-electron chi connectivity index (χ0n) is 20.1. The molecule has 5 rings (SSSR count). The lowest BCUT2D eigenvalue weighted by Gasteiger charge is -2.33. The van der Waals surface area contributed by atoms with E-state index >= 15 is 4.39 Å². The number of ether oxygens (including phenoxy) is 1. The van der Waals surface area contributed by atoms with E-state index in [0.29, 0.717) is 52.8 Å². The molecule has 1 saturated carbocycles. The number of benzene rings is 1. The molecule has 200 valence electrons. The summed E-state index contributed by atoms with van der Waals surface area (Å²) in [6.45, 7) is 4.73. The normalized spacial score (nSPS) is 21.5. The van der Waals surface area contributed by atoms with Crippen molar-refractivity contribution in [2.24, 2.45) is 0 Å². The Bertz CT molecular complexity index is 1370. The first-order valence-electron chi connectivity index (χ1n) is 11.9. The summed E-state index contributed by atoms with van der Waals surface area (Å²) >= 11 is 0. The second kappa shape index (κ2) is 8.96. The lowest BCUT2D eigenvalue weighted by atomic mass is 10.1. The average Bonchev–Trinajstić information content (AvgIpc) is 3.14. The van der Waals surface area contributed by atoms with Crippen LogP contribution in [0.25, 0.3) is 5.69 Å². The minimum absolute atomic E-state index is 0.197. The lowest BCUT2D eigenvalue weighted by Crippen LogP contribution is -2.41. The molecule has 37 heavy (non-hydrogen) atoms. The van der Waals surface area contributed by atoms with Gasteiger partial charge in [0, 0.05) is 55.3 Å². The van der Waals surface area contributed by atoms with Crippen LogP contribution in [0.2, 0.25) is 0 Å². The molecule has 3 aromatic rings. The van der Waals surface area contributed by atoms with Crippen LogP contribution in [0.15, 0.2) is 35.5 Å². The molecule has 1 saturated heterocycles. The molecule has 0 radical (unpaired) electrons. The molecular weight excluding hydrogens is 504 g/mol. The second-order valence-corrected chi connectivity index (χ2v) is 9.47. The van der Waals surface area contributed by atoms with Gasteiger partial charge in [0.1, 0.15) is 5.69 Å². The molecule has 1 unspecified atom stereocenters. The molecule has 1 aliphatic heterocycles. The quantitative estimate of drug-likeness (QED) is 0.444. The van der Waals surface area contributed by atoms with E-state index in [1.807, 2.05) is 6.92 Å². The fourth-order valence-electron chi connectivity index (χ4n) is 4.71. The molecule has 3 heterocycles. The van der Waals surface area contributed by atoms with Crippen molar-refractivity contribution in [3.05, 3.63) is 63.8 Å². The zero-order valence-corrected chi connectivity index (χ0v) is 20.1. The Balaban J connectivity index is 1.65. The van der Waals surface area contributed by atoms with Crippen LogP contribution in [0.4, 0.5) is 32.0 Å². The van der Waals surface area contributed by atoms with Gasteiger partial charge in [-0.05, 0) is 26.0 Å². The van der Waals surface area contributed by atoms with Crippen molar-refractivity contribution in [1.29, 1.82) is 0 Å². The Labute approximate surface area is 207 Å². The molecule has 0 bridgehead atoms. The van der Waals surface area contributed by atoms with E-state index in [-0.39, 0.29) is 11.7 Å². The van der Waals surface area contributed by atoms with Crippen LogP contribution < -0.4 is 10.6 Å². The summed E-state index contributed by atoms with van der Waals surface area (Å²) in [5, 5.41) is 4.02. The molecule has 1 aromatic carbocycles. The van der Waals surface area contributed by atoms with Crippen molar-refractivity contribution in [3.8, 4) is 5.69 Å². The topological polar surface area (TPSA) is 57.2 Å². The molecule has 2 aromatic heterocycles. The van der Waals surface area contributed by atoms with Crippen molar-refractivity contribution in [1.82, 2.24) is 18.9 Å². The van der Waals surface area contributed by atoms with Crippen molar-refractivity contribution < 1.29 is 31.1 Å². The van der Waals surface area contributed by atoms with Gasteiger partial charge in [-0.25, -0.2) is 18.0 Å². The largest absolute Gasteiger partial charge is 0.433 e. The monoisotopic (exact) mass is 529 g/mol. The third-order valence-corrected chi connectivity index (χ3v) is 6.75. The van der Waals surface area contributed by atoms with Crippen LogP contribution in [0.3, 0.4) is 0 Å². The highest BCUT2D eigenvalue weighted by molar-refractivity contribution is 5.59. The minimum atomic E-state index is -4.93. The Hall–Kier alpha value is -3.22. The molecule has 2 fully saturated rings. The summed E-state index contributed by atoms with van der Waals surface area (Å²) in [7, 11) is 0. The van der Waals surface area contributed by atoms with Crippen molar-refractivity contribution in [2.45, 2.75) is 57.5 Å². The fraction of sp³-hybridized carbons (Fsp3) is 0.500. The Morgan fingerprint density at radius 1 is 1.22 bits per heavy atom. The molecule has 2 atom stereocenters. The predicted octanol–water partition coefficient (Wildman–Crippen LogP) is 4.41. The van der Waals surface area contributed by atoms with Crippen molar-refractivity contribution in [3.63, 3.8) is 0 Å². The van der Waals surface area contributed by atoms with Crippen LogP contribution in [-0.4, -0.2) is 50.6 Å². The summed E-state index contributed by atoms with van der Waals surface area (Å²) in [5.74, 6) is -5.67. The van der Waals surface area contributed by atoms with Gasteiger partial charge in [0.25, 0.3) is 5.92 Å². The molecule has 1 aliphatic carbocycles. The molecule has 0 N–H and O–H groups in total. The van der Waals surface area contributed by atoms with Gasteiger partial charge >= 0.3 is 11.9 Å². The van der Waals surface area contributed by atoms with E-state index in [9.17, 15) is 26.7 Å². The van der Waals surface area contributed by atoms with E-state index in [2.05, 4.69) is 5.10 Å². The number of anilines is 1. The third kappa shape index (κ3) is 4.76. The molecule has 13 heteroatoms. The van der Waals surface area contributed by atoms with E-state index in [1.165, 1.54) is 29.2 Å². The zero-order chi connectivity index (χ0) is 26.7. The maximum absolute atomic E-state index is 15.7. The SMILES string of the molecule is CCn1cc(Cn2c(C(F)(F)F)cn(-c3cc(N4CCO[C@H](C)C4)cc(C4CC4(F)F)c3F)c2=O)cn1. The Morgan fingerprint density at radius 3 is 2.54 bits per heavy atom. The summed E-state index contributed by atoms with van der Waals surface area (Å²) in [4.78, 5) is 15.1. The molecule has 7 nitrogen and oxygen atoms in total. The van der Waals surface area contributed by atoms with Gasteiger partial charge in [0.05, 0.1) is 37.1 Å². The Morgan fingerprint density at radius 2 is 1.95 bits per heavy atom. The van der Waals surface area contributed by atoms with Gasteiger partial charge in [-0.2, -0.15) is 18.3 Å². The number of alkyl halides is 5. The first kappa shape index (κ1) is 25.4. The number of aryl methyl sites for hydroxylation is 1. The number of rotatable bonds is 6. The van der Waals surface area contributed by atoms with Gasteiger partial charge in [-0.15, -0.1) is 0 Å². The molecule has 2 aliphatic rings. The highest BCUT2D eigenvalue weighted by Crippen LogP contribution is 2.57. The summed E-state index contributed by atoms with van der Waals surface area (Å²) < 4.78 is 93.5. The van der Waals surface area contributed by atoms with E-state index < -0.39 is 53.9 Å². The lowest BCUT2D eigenvalue weighted by molar-refractivity contribution is -0.143. The molecular formula is C24H25F6N5O2. The minimum Gasteiger partial charge on any atom is -0.375 e. The highest BCUT2D eigenvalue weighted by atomic mass is 19.4. The number of hydrogen-bond donors (Lipinski definition) is 0. The first-order valence-corrected chi connectivity index (χ1v) is 11.9. The molecule has 0 amide bonds. The predicted molar refractivity (Wildman–Crippen MR) is 122 cm³/mol. The number of imidazole rings is 1. The van der Waals surface area contributed by atoms with Gasteiger partial charge in [-0.3, -0.25) is 13.8 Å². The number of halogens is 6. The van der Waals surface area contributed by atoms with Crippen LogP contribution >= 0.6 is 0 Å². The number of aromatic nitrogens is 4. The average molecular weight is 529 g/mol. The van der Waals surface area contributed by atoms with Crippen LogP contribution in [-0.2, 0) is 24.0 Å². The maximum atomic E-state index is 15.7. The fourth-order valence-corrected chi connectivity index (χ4v) is 4.71. The number of morpholine rings is 1. The van der Waals surface area contributed by atoms with E-state index in [4.69, 9.17) is 4.74 Å². The van der Waals surface area contributed by atoms with Gasteiger partial charge in [0.15, 0.2) is 5.82 Å². The highest BCUT2D eigenvalue weighted by Gasteiger charge is 2.59. The first-order chi connectivity index (χ1) is 17.4. The second-order valence-electron chi connectivity index (χ2n) is 9.47. The van der Waals surface area contributed by atoms with Gasteiger partial charge < -0.3 is 9.64 Å². The smallest absolute Gasteiger partial charge is 0.375 e. The van der Waals surface area contributed by atoms with Crippen LogP contribution in [0.5, 0.6) is 0 Å². The van der Waals surface area contributed by atoms with Crippen LogP contribution in [0, 0.1) is 5.82 Å². The standard InChI is InChI=1S/C24H25F6N5O2/c1-3-33-11-15(9-31-33)12-35-20(24(28,29)30)13-34(22(35)36)19-7-16(32-4-5-37-14(2)10-32)6-17(21(19)25)18-8-23(18,26)27/h6-7,9,11,13-14,18H,3-5,8,10,12H2,1-2H3/t14-,18?/m1/s1. The van der Waals surface area contributed by atoms with Crippen molar-refractivity contribution in [2.75, 3.05) is 24.6 Å². The van der Waals surface area contributed by atoms with Crippen LogP contribution in [0.1, 0.15) is 43.0 Å².